The van der Waals surface area contributed by atoms with E-state index in [0.29, 0.717) is 23.5 Å². The van der Waals surface area contributed by atoms with E-state index in [1.54, 1.807) is 48.5 Å². The molecule has 2 aromatic rings. The highest BCUT2D eigenvalue weighted by Crippen LogP contribution is 2.18. The first-order chi connectivity index (χ1) is 12.9. The number of hydrogen-bond acceptors (Lipinski definition) is 4. The highest BCUT2D eigenvalue weighted by molar-refractivity contribution is 6.76. The fourth-order valence-electron chi connectivity index (χ4n) is 2.57. The monoisotopic (exact) mass is 381 g/mol. The van der Waals surface area contributed by atoms with Crippen LogP contribution in [0.15, 0.2) is 48.5 Å². The number of nitrogens with zero attached hydrogens (tertiary/aromatic N) is 1. The Morgan fingerprint density at radius 3 is 2.15 bits per heavy atom. The second-order valence-corrected chi connectivity index (χ2v) is 13.4. The molecule has 4 nitrogen and oxygen atoms in total. The van der Waals surface area contributed by atoms with Crippen molar-refractivity contribution in [2.45, 2.75) is 44.9 Å². The van der Waals surface area contributed by atoms with Crippen LogP contribution in [0.4, 0.5) is 0 Å². The summed E-state index contributed by atoms with van der Waals surface area (Å²) < 4.78 is 11.1. The van der Waals surface area contributed by atoms with Gasteiger partial charge in [0.1, 0.15) is 11.5 Å². The summed E-state index contributed by atoms with van der Waals surface area (Å²) in [5.41, 5.74) is 0.985. The van der Waals surface area contributed by atoms with Crippen molar-refractivity contribution in [1.29, 1.82) is 5.26 Å². The van der Waals surface area contributed by atoms with Gasteiger partial charge in [-0.1, -0.05) is 38.5 Å². The quantitative estimate of drug-likeness (QED) is 0.243. The van der Waals surface area contributed by atoms with Crippen LogP contribution in [-0.2, 0) is 0 Å². The number of carbonyl (C=O) groups is 1. The molecule has 142 valence electrons. The Labute approximate surface area is 162 Å². The summed E-state index contributed by atoms with van der Waals surface area (Å²) in [6.45, 7) is 7.90. The summed E-state index contributed by atoms with van der Waals surface area (Å²) in [6, 6.07) is 16.8. The molecule has 0 unspecified atom stereocenters. The van der Waals surface area contributed by atoms with Crippen LogP contribution in [-0.4, -0.2) is 20.7 Å². The lowest BCUT2D eigenvalue weighted by atomic mass is 10.2. The molecule has 0 saturated carbocycles. The first-order valence-electron chi connectivity index (χ1n) is 9.33. The van der Waals surface area contributed by atoms with Crippen molar-refractivity contribution in [3.05, 3.63) is 59.7 Å². The molecule has 0 aliphatic rings. The van der Waals surface area contributed by atoms with Gasteiger partial charge in [0.15, 0.2) is 0 Å². The summed E-state index contributed by atoms with van der Waals surface area (Å²) in [5, 5.41) is 8.78. The molecule has 0 radical (unpaired) electrons. The highest BCUT2D eigenvalue weighted by Gasteiger charge is 2.11. The molecule has 0 saturated heterocycles. The van der Waals surface area contributed by atoms with Gasteiger partial charge < -0.3 is 9.47 Å². The van der Waals surface area contributed by atoms with Crippen molar-refractivity contribution >= 4 is 14.0 Å². The second-order valence-electron chi connectivity index (χ2n) is 7.77. The minimum atomic E-state index is -0.930. The zero-order valence-corrected chi connectivity index (χ0v) is 17.3. The summed E-state index contributed by atoms with van der Waals surface area (Å²) in [6.07, 6.45) is 3.52. The maximum Gasteiger partial charge on any atom is 0.343 e. The average molecular weight is 382 g/mol. The van der Waals surface area contributed by atoms with Gasteiger partial charge in [0.25, 0.3) is 0 Å². The molecule has 0 spiro atoms. The molecule has 0 N–H and O–H groups in total. The molecular weight excluding hydrogens is 354 g/mol. The van der Waals surface area contributed by atoms with E-state index in [9.17, 15) is 4.79 Å². The minimum Gasteiger partial charge on any atom is -0.494 e. The van der Waals surface area contributed by atoms with Crippen LogP contribution in [0.25, 0.3) is 0 Å². The van der Waals surface area contributed by atoms with Gasteiger partial charge in [0.2, 0.25) is 0 Å². The normalized spacial score (nSPS) is 10.9. The van der Waals surface area contributed by atoms with Gasteiger partial charge in [-0.05, 0) is 55.0 Å². The number of carbonyl (C=O) groups excluding carboxylic acids is 1. The number of unbranched alkanes of at least 4 members (excludes halogenated alkanes) is 2. The fourth-order valence-corrected chi connectivity index (χ4v) is 3.89. The maximum absolute atomic E-state index is 12.2. The number of hydrogen-bond donors (Lipinski definition) is 0. The Bertz CT molecular complexity index is 771. The predicted molar refractivity (Wildman–Crippen MR) is 110 cm³/mol. The fraction of sp³-hybridized carbons (Fsp3) is 0.364. The first kappa shape index (κ1) is 20.7. The van der Waals surface area contributed by atoms with Crippen LogP contribution in [0.2, 0.25) is 25.7 Å². The van der Waals surface area contributed by atoms with Crippen molar-refractivity contribution in [1.82, 2.24) is 0 Å². The molecule has 27 heavy (non-hydrogen) atoms. The first-order valence-corrected chi connectivity index (χ1v) is 13.0. The second kappa shape index (κ2) is 9.93. The van der Waals surface area contributed by atoms with Crippen molar-refractivity contribution < 1.29 is 14.3 Å². The Balaban J connectivity index is 1.75. The topological polar surface area (TPSA) is 59.3 Å². The lowest BCUT2D eigenvalue weighted by Gasteiger charge is -2.15. The molecular formula is C22H27NO3Si. The number of esters is 1. The van der Waals surface area contributed by atoms with Crippen LogP contribution < -0.4 is 9.47 Å². The van der Waals surface area contributed by atoms with Crippen molar-refractivity contribution in [2.75, 3.05) is 6.61 Å². The van der Waals surface area contributed by atoms with Gasteiger partial charge in [-0.3, -0.25) is 0 Å². The number of benzene rings is 2. The predicted octanol–water partition coefficient (Wildman–Crippen LogP) is 5.66. The van der Waals surface area contributed by atoms with E-state index >= 15 is 0 Å². The van der Waals surface area contributed by atoms with Crippen molar-refractivity contribution in [2.24, 2.45) is 0 Å². The zero-order valence-electron chi connectivity index (χ0n) is 16.3. The molecule has 5 heteroatoms. The van der Waals surface area contributed by atoms with Gasteiger partial charge in [0.05, 0.1) is 23.8 Å². The molecule has 0 aliphatic heterocycles. The SMILES string of the molecule is C[Si](C)(C)CCCCCOc1ccc(C(=O)Oc2ccc(C#N)cc2)cc1. The van der Waals surface area contributed by atoms with E-state index in [-0.39, 0.29) is 0 Å². The van der Waals surface area contributed by atoms with Crippen LogP contribution in [0.1, 0.15) is 35.2 Å². The number of ether oxygens (including phenoxy) is 2. The third-order valence-corrected chi connectivity index (χ3v) is 5.98. The summed E-state index contributed by atoms with van der Waals surface area (Å²) >= 11 is 0. The molecule has 0 amide bonds. The zero-order chi connectivity index (χ0) is 19.7. The summed E-state index contributed by atoms with van der Waals surface area (Å²) in [7, 11) is -0.930. The van der Waals surface area contributed by atoms with Crippen LogP contribution in [0.3, 0.4) is 0 Å². The van der Waals surface area contributed by atoms with Gasteiger partial charge in [0, 0.05) is 8.07 Å². The van der Waals surface area contributed by atoms with E-state index in [2.05, 4.69) is 19.6 Å². The van der Waals surface area contributed by atoms with Crippen LogP contribution in [0.5, 0.6) is 11.5 Å². The van der Waals surface area contributed by atoms with E-state index < -0.39 is 14.0 Å². The third-order valence-electron chi connectivity index (χ3n) is 4.12. The molecule has 0 fully saturated rings. The maximum atomic E-state index is 12.2. The van der Waals surface area contributed by atoms with Gasteiger partial charge in [-0.2, -0.15) is 5.26 Å². The lowest BCUT2D eigenvalue weighted by Crippen LogP contribution is -2.18. The average Bonchev–Trinajstić information content (AvgIpc) is 2.65. The summed E-state index contributed by atoms with van der Waals surface area (Å²) in [4.78, 5) is 12.2. The summed E-state index contributed by atoms with van der Waals surface area (Å²) in [5.74, 6) is 0.741. The molecule has 0 heterocycles. The smallest absolute Gasteiger partial charge is 0.343 e. The Morgan fingerprint density at radius 2 is 1.56 bits per heavy atom. The van der Waals surface area contributed by atoms with Gasteiger partial charge in [-0.15, -0.1) is 0 Å². The van der Waals surface area contributed by atoms with E-state index in [1.807, 2.05) is 6.07 Å². The molecule has 0 atom stereocenters. The van der Waals surface area contributed by atoms with Gasteiger partial charge >= 0.3 is 5.97 Å². The van der Waals surface area contributed by atoms with E-state index in [1.165, 1.54) is 18.9 Å². The minimum absolute atomic E-state index is 0.414. The van der Waals surface area contributed by atoms with E-state index in [0.717, 1.165) is 12.2 Å². The van der Waals surface area contributed by atoms with Crippen LogP contribution >= 0.6 is 0 Å². The third kappa shape index (κ3) is 7.67. The highest BCUT2D eigenvalue weighted by atomic mass is 28.3. The van der Waals surface area contributed by atoms with Crippen molar-refractivity contribution in [3.63, 3.8) is 0 Å². The largest absolute Gasteiger partial charge is 0.494 e. The molecule has 0 aliphatic carbocycles. The Morgan fingerprint density at radius 1 is 0.926 bits per heavy atom. The number of rotatable bonds is 9. The standard InChI is InChI=1S/C22H27NO3Si/c1-27(2,3)16-6-4-5-15-25-20-13-9-19(10-14-20)22(24)26-21-11-7-18(17-23)8-12-21/h7-14H,4-6,15-16H2,1-3H3. The lowest BCUT2D eigenvalue weighted by molar-refractivity contribution is 0.0734. The Kier molecular flexibility index (Phi) is 7.63. The Hall–Kier alpha value is -2.58. The number of nitriles is 1. The van der Waals surface area contributed by atoms with Crippen LogP contribution in [0, 0.1) is 11.3 Å². The van der Waals surface area contributed by atoms with E-state index in [4.69, 9.17) is 14.7 Å². The molecule has 0 bridgehead atoms. The molecule has 2 rings (SSSR count). The van der Waals surface area contributed by atoms with Gasteiger partial charge in [-0.25, -0.2) is 4.79 Å². The molecule has 2 aromatic carbocycles. The molecule has 0 aromatic heterocycles. The van der Waals surface area contributed by atoms with Crippen molar-refractivity contribution in [3.8, 4) is 17.6 Å².